The number of imidazole rings is 1. The van der Waals surface area contributed by atoms with Gasteiger partial charge < -0.3 is 14.6 Å². The molecule has 1 N–H and O–H groups in total. The molecule has 0 atom stereocenters. The van der Waals surface area contributed by atoms with E-state index in [2.05, 4.69) is 10.3 Å². The third-order valence-corrected chi connectivity index (χ3v) is 10.4. The molecule has 280 valence electrons. The molecule has 0 aliphatic carbocycles. The number of hydrogen-bond donors (Lipinski definition) is 1. The van der Waals surface area contributed by atoms with Gasteiger partial charge in [0.05, 0.1) is 29.3 Å². The second kappa shape index (κ2) is 17.2. The molecule has 0 saturated carbocycles. The summed E-state index contributed by atoms with van der Waals surface area (Å²) in [5, 5.41) is 2.60. The Morgan fingerprint density at radius 2 is 1.67 bits per heavy atom. The molecule has 4 rings (SSSR count). The number of aromatic nitrogens is 2. The normalized spacial score (nSPS) is 11.9. The maximum atomic E-state index is 16.0. The number of ether oxygens (including phenoxy) is 1. The summed E-state index contributed by atoms with van der Waals surface area (Å²) in [5.41, 5.74) is 0.159. The topological polar surface area (TPSA) is 111 Å². The Morgan fingerprint density at radius 3 is 2.31 bits per heavy atom. The van der Waals surface area contributed by atoms with Crippen LogP contribution in [0.3, 0.4) is 0 Å². The Bertz CT molecular complexity index is 1990. The average molecular weight is 745 g/mol. The highest BCUT2D eigenvalue weighted by Gasteiger charge is 2.34. The quantitative estimate of drug-likeness (QED) is 0.123. The minimum absolute atomic E-state index is 0.0584. The van der Waals surface area contributed by atoms with E-state index < -0.39 is 39.6 Å². The van der Waals surface area contributed by atoms with E-state index in [1.807, 2.05) is 20.8 Å². The number of nitrogens with zero attached hydrogens (tertiary/aromatic N) is 3. The van der Waals surface area contributed by atoms with Crippen LogP contribution in [-0.4, -0.2) is 47.4 Å². The zero-order chi connectivity index (χ0) is 38.2. The van der Waals surface area contributed by atoms with Crippen LogP contribution < -0.4 is 5.32 Å². The number of carbonyl (C=O) groups is 2. The van der Waals surface area contributed by atoms with E-state index >= 15 is 4.39 Å². The van der Waals surface area contributed by atoms with Crippen LogP contribution >= 0.6 is 0 Å². The average Bonchev–Trinajstić information content (AvgIpc) is 3.44. The van der Waals surface area contributed by atoms with Gasteiger partial charge >= 0.3 is 12.3 Å². The molecule has 2 amide bonds. The zero-order valence-electron chi connectivity index (χ0n) is 29.9. The molecule has 0 unspecified atom stereocenters. The molecular formula is C38H44F4N4O5S. The van der Waals surface area contributed by atoms with E-state index in [0.717, 1.165) is 6.07 Å². The summed E-state index contributed by atoms with van der Waals surface area (Å²) >= 11 is 0. The van der Waals surface area contributed by atoms with Crippen LogP contribution in [0.4, 0.5) is 22.4 Å². The SMILES string of the molecule is CCCc1nc(CC)c(C(=O)NCc2ccccc2C(F)(F)F)n1Cc1ccc(-c2ccccc2S(=O)(=O)N(CC)C(=O)OCCC(C)C)cc1F. The van der Waals surface area contributed by atoms with E-state index in [1.165, 1.54) is 55.5 Å². The smallest absolute Gasteiger partial charge is 0.423 e. The van der Waals surface area contributed by atoms with Crippen molar-refractivity contribution in [1.82, 2.24) is 19.2 Å². The lowest BCUT2D eigenvalue weighted by Crippen LogP contribution is -2.37. The van der Waals surface area contributed by atoms with Crippen molar-refractivity contribution in [3.63, 3.8) is 0 Å². The number of sulfonamides is 1. The molecule has 0 fully saturated rings. The summed E-state index contributed by atoms with van der Waals surface area (Å²) in [5.74, 6) is -0.578. The van der Waals surface area contributed by atoms with Gasteiger partial charge in [0.25, 0.3) is 15.9 Å². The maximum absolute atomic E-state index is 16.0. The molecule has 0 spiro atoms. The summed E-state index contributed by atoms with van der Waals surface area (Å²) < 4.78 is 91.8. The Balaban J connectivity index is 1.66. The van der Waals surface area contributed by atoms with Crippen molar-refractivity contribution < 1.29 is 40.3 Å². The summed E-state index contributed by atoms with van der Waals surface area (Å²) in [6.45, 7) is 8.50. The fourth-order valence-electron chi connectivity index (χ4n) is 5.76. The van der Waals surface area contributed by atoms with Crippen LogP contribution in [0.15, 0.2) is 71.6 Å². The Morgan fingerprint density at radius 1 is 0.981 bits per heavy atom. The highest BCUT2D eigenvalue weighted by molar-refractivity contribution is 7.89. The van der Waals surface area contributed by atoms with Gasteiger partial charge in [0.1, 0.15) is 17.3 Å². The molecule has 0 saturated heterocycles. The lowest BCUT2D eigenvalue weighted by molar-refractivity contribution is -0.138. The summed E-state index contributed by atoms with van der Waals surface area (Å²) in [4.78, 5) is 30.9. The molecule has 0 aliphatic heterocycles. The third-order valence-electron chi connectivity index (χ3n) is 8.46. The number of amides is 2. The van der Waals surface area contributed by atoms with Crippen molar-refractivity contribution in [2.45, 2.75) is 84.5 Å². The van der Waals surface area contributed by atoms with E-state index in [1.54, 1.807) is 23.6 Å². The number of carbonyl (C=O) groups excluding carboxylic acids is 2. The van der Waals surface area contributed by atoms with Crippen molar-refractivity contribution in [1.29, 1.82) is 0 Å². The van der Waals surface area contributed by atoms with Crippen LogP contribution in [0.2, 0.25) is 0 Å². The summed E-state index contributed by atoms with van der Waals surface area (Å²) in [7, 11) is -4.40. The van der Waals surface area contributed by atoms with Gasteiger partial charge in [-0.3, -0.25) is 4.79 Å². The van der Waals surface area contributed by atoms with E-state index in [9.17, 15) is 31.2 Å². The van der Waals surface area contributed by atoms with Gasteiger partial charge in [0, 0.05) is 30.6 Å². The standard InChI is InChI=1S/C38H44F4N4O5S/c1-6-13-34-44-32(7-2)35(36(47)43-23-27-14-9-11-16-30(27)38(40,41)42)45(34)24-28-19-18-26(22-31(28)39)29-15-10-12-17-33(29)52(49,50)46(8-3)37(48)51-21-20-25(4)5/h9-12,14-19,22,25H,6-8,13,20-21,23-24H2,1-5H3,(H,43,47). The lowest BCUT2D eigenvalue weighted by Gasteiger charge is -2.22. The first-order valence-electron chi connectivity index (χ1n) is 17.2. The largest absolute Gasteiger partial charge is 0.449 e. The van der Waals surface area contributed by atoms with Crippen molar-refractivity contribution in [2.24, 2.45) is 5.92 Å². The van der Waals surface area contributed by atoms with E-state index in [4.69, 9.17) is 4.74 Å². The van der Waals surface area contributed by atoms with E-state index in [-0.39, 0.29) is 65.0 Å². The number of aryl methyl sites for hydroxylation is 2. The molecule has 1 aromatic heterocycles. The Labute approximate surface area is 302 Å². The summed E-state index contributed by atoms with van der Waals surface area (Å²) in [6.07, 6.45) is -3.58. The maximum Gasteiger partial charge on any atom is 0.423 e. The highest BCUT2D eigenvalue weighted by atomic mass is 32.2. The van der Waals surface area contributed by atoms with Gasteiger partial charge in [-0.05, 0) is 61.4 Å². The minimum atomic E-state index is -4.60. The predicted octanol–water partition coefficient (Wildman–Crippen LogP) is 8.39. The van der Waals surface area contributed by atoms with Gasteiger partial charge in [-0.15, -0.1) is 0 Å². The first kappa shape index (κ1) is 40.1. The van der Waals surface area contributed by atoms with Gasteiger partial charge in [-0.1, -0.05) is 76.2 Å². The first-order valence-corrected chi connectivity index (χ1v) is 18.7. The lowest BCUT2D eigenvalue weighted by atomic mass is 10.0. The van der Waals surface area contributed by atoms with Crippen molar-refractivity contribution in [2.75, 3.05) is 13.2 Å². The molecule has 9 nitrogen and oxygen atoms in total. The number of halogens is 4. The molecule has 0 bridgehead atoms. The van der Waals surface area contributed by atoms with Crippen molar-refractivity contribution in [3.8, 4) is 11.1 Å². The van der Waals surface area contributed by atoms with Crippen molar-refractivity contribution in [3.05, 3.63) is 106 Å². The fourth-order valence-corrected chi connectivity index (χ4v) is 7.30. The number of nitrogens with one attached hydrogen (secondary N) is 1. The predicted molar refractivity (Wildman–Crippen MR) is 190 cm³/mol. The van der Waals surface area contributed by atoms with Gasteiger partial charge in [0.15, 0.2) is 0 Å². The van der Waals surface area contributed by atoms with Gasteiger partial charge in [0.2, 0.25) is 0 Å². The van der Waals surface area contributed by atoms with Crippen LogP contribution in [0.25, 0.3) is 11.1 Å². The second-order valence-electron chi connectivity index (χ2n) is 12.6. The molecule has 52 heavy (non-hydrogen) atoms. The molecule has 0 radical (unpaired) electrons. The van der Waals surface area contributed by atoms with Crippen molar-refractivity contribution >= 4 is 22.0 Å². The Kier molecular flexibility index (Phi) is 13.2. The third kappa shape index (κ3) is 9.19. The molecule has 3 aromatic carbocycles. The zero-order valence-corrected chi connectivity index (χ0v) is 30.7. The monoisotopic (exact) mass is 744 g/mol. The number of benzene rings is 3. The molecule has 0 aliphatic rings. The fraction of sp³-hybridized carbons (Fsp3) is 0.395. The van der Waals surface area contributed by atoms with Crippen LogP contribution in [0.5, 0.6) is 0 Å². The molecule has 4 aromatic rings. The Hall–Kier alpha value is -4.72. The number of rotatable bonds is 15. The first-order chi connectivity index (χ1) is 24.6. The summed E-state index contributed by atoms with van der Waals surface area (Å²) in [6, 6.07) is 15.2. The van der Waals surface area contributed by atoms with Gasteiger partial charge in [-0.2, -0.15) is 13.2 Å². The number of alkyl halides is 3. The van der Waals surface area contributed by atoms with Crippen LogP contribution in [0.1, 0.15) is 86.2 Å². The number of hydrogen-bond acceptors (Lipinski definition) is 6. The van der Waals surface area contributed by atoms with E-state index in [0.29, 0.717) is 41.5 Å². The minimum Gasteiger partial charge on any atom is -0.449 e. The highest BCUT2D eigenvalue weighted by Crippen LogP contribution is 2.33. The molecule has 1 heterocycles. The molecular weight excluding hydrogens is 700 g/mol. The second-order valence-corrected chi connectivity index (χ2v) is 14.5. The molecule has 14 heteroatoms. The van der Waals surface area contributed by atoms with Crippen LogP contribution in [-0.2, 0) is 46.9 Å². The van der Waals surface area contributed by atoms with Crippen LogP contribution in [0, 0.1) is 11.7 Å². The van der Waals surface area contributed by atoms with Gasteiger partial charge in [-0.25, -0.2) is 26.9 Å².